The van der Waals surface area contributed by atoms with Crippen molar-refractivity contribution in [1.29, 1.82) is 0 Å². The number of anilines is 1. The van der Waals surface area contributed by atoms with Crippen molar-refractivity contribution in [2.75, 3.05) is 17.8 Å². The second-order valence-corrected chi connectivity index (χ2v) is 9.24. The highest BCUT2D eigenvalue weighted by Crippen LogP contribution is 2.26. The molecule has 0 bridgehead atoms. The molecule has 0 radical (unpaired) electrons. The monoisotopic (exact) mass is 421 g/mol. The van der Waals surface area contributed by atoms with Gasteiger partial charge in [0.1, 0.15) is 0 Å². The molecule has 1 atom stereocenters. The van der Waals surface area contributed by atoms with Crippen LogP contribution in [0.25, 0.3) is 0 Å². The number of para-hydroxylation sites is 1. The van der Waals surface area contributed by atoms with Crippen molar-refractivity contribution < 1.29 is 13.2 Å². The number of hydrogen-bond acceptors (Lipinski definition) is 4. The van der Waals surface area contributed by atoms with Crippen LogP contribution >= 0.6 is 11.6 Å². The van der Waals surface area contributed by atoms with E-state index in [0.717, 1.165) is 30.5 Å². The molecule has 1 amide bonds. The van der Waals surface area contributed by atoms with E-state index < -0.39 is 10.0 Å². The molecule has 1 heterocycles. The van der Waals surface area contributed by atoms with E-state index in [1.807, 2.05) is 19.1 Å². The van der Waals surface area contributed by atoms with Crippen molar-refractivity contribution in [2.24, 2.45) is 11.7 Å². The molecule has 28 heavy (non-hydrogen) atoms. The topological polar surface area (TPSA) is 92.5 Å². The third-order valence-electron chi connectivity index (χ3n) is 5.02. The summed E-state index contributed by atoms with van der Waals surface area (Å²) < 4.78 is 28.3. The number of carbonyl (C=O) groups is 1. The third-order valence-corrected chi connectivity index (χ3v) is 6.79. The first-order valence-corrected chi connectivity index (χ1v) is 11.0. The van der Waals surface area contributed by atoms with Crippen LogP contribution in [-0.4, -0.2) is 32.3 Å². The van der Waals surface area contributed by atoms with Crippen molar-refractivity contribution >= 4 is 33.2 Å². The Hall–Kier alpha value is -2.09. The van der Waals surface area contributed by atoms with Crippen molar-refractivity contribution in [3.05, 3.63) is 58.6 Å². The molecule has 0 aliphatic carbocycles. The fourth-order valence-corrected chi connectivity index (χ4v) is 4.75. The van der Waals surface area contributed by atoms with Crippen LogP contribution in [0.1, 0.15) is 24.0 Å². The number of aryl methyl sites for hydroxylation is 1. The van der Waals surface area contributed by atoms with Crippen LogP contribution in [0.5, 0.6) is 0 Å². The number of likely N-dealkylation sites (tertiary alicyclic amines) is 1. The molecular weight excluding hydrogens is 398 g/mol. The van der Waals surface area contributed by atoms with Gasteiger partial charge in [0.05, 0.1) is 16.5 Å². The van der Waals surface area contributed by atoms with Crippen molar-refractivity contribution in [3.8, 4) is 0 Å². The summed E-state index contributed by atoms with van der Waals surface area (Å²) in [5.74, 6) is -0.442. The van der Waals surface area contributed by atoms with Crippen molar-refractivity contribution in [2.45, 2.75) is 31.2 Å². The highest BCUT2D eigenvalue weighted by Gasteiger charge is 2.25. The second-order valence-electron chi connectivity index (χ2n) is 7.15. The average molecular weight is 422 g/mol. The molecule has 1 aliphatic rings. The predicted molar refractivity (Wildman–Crippen MR) is 111 cm³/mol. The maximum Gasteiger partial charge on any atom is 0.261 e. The lowest BCUT2D eigenvalue weighted by Gasteiger charge is -2.31. The van der Waals surface area contributed by atoms with Crippen LogP contribution in [-0.2, 0) is 21.4 Å². The minimum Gasteiger partial charge on any atom is -0.369 e. The number of piperidine rings is 1. The van der Waals surface area contributed by atoms with Gasteiger partial charge in [-0.15, -0.1) is 0 Å². The largest absolute Gasteiger partial charge is 0.369 e. The lowest BCUT2D eigenvalue weighted by molar-refractivity contribution is -0.123. The van der Waals surface area contributed by atoms with Gasteiger partial charge in [-0.1, -0.05) is 35.9 Å². The standard InChI is InChI=1S/C20H24ClN3O3S/c1-14-8-9-17(11-18(14)21)28(26,27)23-19-7-3-2-5-15(19)12-24-10-4-6-16(13-24)20(22)25/h2-3,5,7-9,11,16,23H,4,6,10,12-13H2,1H3,(H2,22,25)/t16-/m1/s1. The predicted octanol–water partition coefficient (Wildman–Crippen LogP) is 3.15. The van der Waals surface area contributed by atoms with Gasteiger partial charge in [0, 0.05) is 18.1 Å². The third kappa shape index (κ3) is 4.84. The lowest BCUT2D eigenvalue weighted by Crippen LogP contribution is -2.40. The van der Waals surface area contributed by atoms with Crippen molar-refractivity contribution in [1.82, 2.24) is 4.90 Å². The first-order chi connectivity index (χ1) is 13.3. The Morgan fingerprint density at radius 2 is 2.04 bits per heavy atom. The van der Waals surface area contributed by atoms with Crippen LogP contribution in [0.3, 0.4) is 0 Å². The minimum atomic E-state index is -3.77. The number of sulfonamides is 1. The fourth-order valence-electron chi connectivity index (χ4n) is 3.37. The Kier molecular flexibility index (Phi) is 6.27. The summed E-state index contributed by atoms with van der Waals surface area (Å²) in [5.41, 5.74) is 7.63. The molecule has 0 unspecified atom stereocenters. The molecule has 3 rings (SSSR count). The van der Waals surface area contributed by atoms with Crippen LogP contribution in [0.2, 0.25) is 5.02 Å². The molecule has 1 fully saturated rings. The zero-order valence-corrected chi connectivity index (χ0v) is 17.3. The second kappa shape index (κ2) is 8.51. The molecule has 8 heteroatoms. The van der Waals surface area contributed by atoms with Crippen LogP contribution in [0.15, 0.2) is 47.4 Å². The van der Waals surface area contributed by atoms with E-state index in [1.54, 1.807) is 18.2 Å². The summed E-state index contributed by atoms with van der Waals surface area (Å²) in [7, 11) is -3.77. The molecule has 3 N–H and O–H groups in total. The number of halogens is 1. The minimum absolute atomic E-state index is 0.115. The Morgan fingerprint density at radius 1 is 1.29 bits per heavy atom. The number of carbonyl (C=O) groups excluding carboxylic acids is 1. The van der Waals surface area contributed by atoms with Crippen molar-refractivity contribution in [3.63, 3.8) is 0 Å². The highest BCUT2D eigenvalue weighted by molar-refractivity contribution is 7.92. The van der Waals surface area contributed by atoms with Gasteiger partial charge in [0.2, 0.25) is 5.91 Å². The first-order valence-electron chi connectivity index (χ1n) is 9.15. The van der Waals surface area contributed by atoms with Crippen LogP contribution in [0.4, 0.5) is 5.69 Å². The van der Waals surface area contributed by atoms with E-state index in [2.05, 4.69) is 9.62 Å². The summed E-state index contributed by atoms with van der Waals surface area (Å²) in [4.78, 5) is 13.8. The molecule has 2 aromatic carbocycles. The van der Waals surface area contributed by atoms with Gasteiger partial charge in [0.15, 0.2) is 0 Å². The summed E-state index contributed by atoms with van der Waals surface area (Å²) in [5, 5.41) is 0.405. The lowest BCUT2D eigenvalue weighted by atomic mass is 9.97. The average Bonchev–Trinajstić information content (AvgIpc) is 2.65. The number of primary amides is 1. The number of amides is 1. The number of nitrogens with one attached hydrogen (secondary N) is 1. The molecule has 0 spiro atoms. The van der Waals surface area contributed by atoms with E-state index in [-0.39, 0.29) is 16.7 Å². The zero-order valence-electron chi connectivity index (χ0n) is 15.7. The van der Waals surface area contributed by atoms with E-state index in [0.29, 0.717) is 23.8 Å². The van der Waals surface area contributed by atoms with E-state index >= 15 is 0 Å². The number of hydrogen-bond donors (Lipinski definition) is 2. The van der Waals surface area contributed by atoms with Gasteiger partial charge in [0.25, 0.3) is 10.0 Å². The van der Waals surface area contributed by atoms with Gasteiger partial charge in [-0.2, -0.15) is 0 Å². The normalized spacial score (nSPS) is 18.0. The molecule has 150 valence electrons. The number of nitrogens with two attached hydrogens (primary N) is 1. The highest BCUT2D eigenvalue weighted by atomic mass is 35.5. The number of nitrogens with zero attached hydrogens (tertiary/aromatic N) is 1. The molecule has 0 saturated carbocycles. The number of rotatable bonds is 6. The van der Waals surface area contributed by atoms with Crippen LogP contribution in [0, 0.1) is 12.8 Å². The molecule has 1 aliphatic heterocycles. The maximum atomic E-state index is 12.8. The summed E-state index contributed by atoms with van der Waals surface area (Å²) >= 11 is 6.09. The quantitative estimate of drug-likeness (QED) is 0.749. The molecule has 0 aromatic heterocycles. The van der Waals surface area contributed by atoms with Gasteiger partial charge < -0.3 is 5.73 Å². The van der Waals surface area contributed by atoms with E-state index in [9.17, 15) is 13.2 Å². The molecule has 1 saturated heterocycles. The van der Waals surface area contributed by atoms with Gasteiger partial charge in [-0.25, -0.2) is 8.42 Å². The Bertz CT molecular complexity index is 978. The fraction of sp³-hybridized carbons (Fsp3) is 0.350. The Morgan fingerprint density at radius 3 is 2.75 bits per heavy atom. The summed E-state index contributed by atoms with van der Waals surface area (Å²) in [6.07, 6.45) is 1.69. The van der Waals surface area contributed by atoms with Gasteiger partial charge >= 0.3 is 0 Å². The molecular formula is C20H24ClN3O3S. The SMILES string of the molecule is Cc1ccc(S(=O)(=O)Nc2ccccc2CN2CCC[C@@H](C(N)=O)C2)cc1Cl. The first kappa shape index (κ1) is 20.6. The number of benzene rings is 2. The Balaban J connectivity index is 1.80. The molecule has 2 aromatic rings. The summed E-state index contributed by atoms with van der Waals surface area (Å²) in [6, 6.07) is 11.9. The van der Waals surface area contributed by atoms with Gasteiger partial charge in [-0.05, 0) is 55.6 Å². The van der Waals surface area contributed by atoms with Gasteiger partial charge in [-0.3, -0.25) is 14.4 Å². The summed E-state index contributed by atoms with van der Waals surface area (Å²) in [6.45, 7) is 3.79. The van der Waals surface area contributed by atoms with E-state index in [4.69, 9.17) is 17.3 Å². The Labute approximate surface area is 170 Å². The molecule has 6 nitrogen and oxygen atoms in total. The van der Waals surface area contributed by atoms with Crippen LogP contribution < -0.4 is 10.5 Å². The zero-order chi connectivity index (χ0) is 20.3. The smallest absolute Gasteiger partial charge is 0.261 e. The van der Waals surface area contributed by atoms with E-state index in [1.165, 1.54) is 12.1 Å². The maximum absolute atomic E-state index is 12.8.